The molecule has 6 N–H and O–H groups in total. The van der Waals surface area contributed by atoms with Gasteiger partial charge in [-0.3, -0.25) is 29.4 Å². The summed E-state index contributed by atoms with van der Waals surface area (Å²) in [7, 11) is 3.06. The lowest BCUT2D eigenvalue weighted by Gasteiger charge is -2.50. The molecule has 3 aliphatic carbocycles. The van der Waals surface area contributed by atoms with Gasteiger partial charge in [-0.2, -0.15) is 0 Å². The third-order valence-electron chi connectivity index (χ3n) is 8.18. The maximum Gasteiger partial charge on any atom is 0.270 e. The van der Waals surface area contributed by atoms with Crippen LogP contribution in [0, 0.1) is 22.0 Å². The van der Waals surface area contributed by atoms with Crippen molar-refractivity contribution >= 4 is 41.1 Å². The first-order chi connectivity index (χ1) is 19.3. The first-order valence-corrected chi connectivity index (χ1v) is 12.7. The molecule has 0 heterocycles. The molecule has 12 nitrogen and oxygen atoms in total. The summed E-state index contributed by atoms with van der Waals surface area (Å²) in [6.07, 6.45) is 3.39. The fraction of sp³-hybridized carbons (Fsp3) is 0.276. The van der Waals surface area contributed by atoms with Crippen molar-refractivity contribution in [2.24, 2.45) is 17.6 Å². The van der Waals surface area contributed by atoms with Crippen LogP contribution in [0.5, 0.6) is 5.75 Å². The first kappa shape index (κ1) is 27.7. The number of nitrogens with zero attached hydrogens (tertiary/aromatic N) is 2. The molecule has 3 aliphatic rings. The molecule has 0 spiro atoms. The Kier molecular flexibility index (Phi) is 6.55. The van der Waals surface area contributed by atoms with Gasteiger partial charge in [0.2, 0.25) is 5.78 Å². The quantitative estimate of drug-likeness (QED) is 0.155. The number of hydrogen-bond donors (Lipinski definition) is 5. The number of aliphatic hydroxyl groups is 3. The van der Waals surface area contributed by atoms with Gasteiger partial charge >= 0.3 is 0 Å². The molecule has 212 valence electrons. The molecule has 5 rings (SSSR count). The van der Waals surface area contributed by atoms with Gasteiger partial charge in [0.05, 0.1) is 16.5 Å². The SMILES string of the molecule is CN(C)C1C(=O)C(C(N)=O)=C(O)C2(O)C(=O)C3=C(O)c4c(O)ccc(/C=C/c5cccc([N+](=O)[O-])c5)c4CC3CC12. The van der Waals surface area contributed by atoms with Gasteiger partial charge in [0.15, 0.2) is 11.4 Å². The number of hydrogen-bond acceptors (Lipinski definition) is 10. The number of nitro benzene ring substituents is 1. The molecule has 41 heavy (non-hydrogen) atoms. The van der Waals surface area contributed by atoms with Gasteiger partial charge in [-0.1, -0.05) is 30.4 Å². The molecule has 0 bridgehead atoms. The molecule has 1 fully saturated rings. The Morgan fingerprint density at radius 3 is 2.49 bits per heavy atom. The van der Waals surface area contributed by atoms with Crippen LogP contribution in [0.4, 0.5) is 5.69 Å². The molecule has 12 heteroatoms. The van der Waals surface area contributed by atoms with E-state index < -0.39 is 63.0 Å². The van der Waals surface area contributed by atoms with Crippen molar-refractivity contribution in [1.29, 1.82) is 0 Å². The molecule has 0 aliphatic heterocycles. The van der Waals surface area contributed by atoms with Crippen LogP contribution in [0.3, 0.4) is 0 Å². The standard InChI is InChI=1S/C29H27N3O9/c1-31(2)23-18-12-15-11-17-14(7-6-13-4-3-5-16(10-13)32(40)41)8-9-19(33)21(17)24(34)20(15)26(36)29(18,39)27(37)22(25(23)35)28(30)38/h3-10,15,18,23,33-34,37,39H,11-12H2,1-2H3,(H2,30,38)/b7-6+. The van der Waals surface area contributed by atoms with E-state index in [1.807, 2.05) is 0 Å². The van der Waals surface area contributed by atoms with Crippen molar-refractivity contribution < 1.29 is 39.7 Å². The third kappa shape index (κ3) is 4.10. The second-order valence-electron chi connectivity index (χ2n) is 10.7. The largest absolute Gasteiger partial charge is 0.508 e. The van der Waals surface area contributed by atoms with E-state index in [2.05, 4.69) is 0 Å². The maximum absolute atomic E-state index is 13.9. The van der Waals surface area contributed by atoms with Crippen molar-refractivity contribution in [3.05, 3.63) is 85.7 Å². The monoisotopic (exact) mass is 561 g/mol. The van der Waals surface area contributed by atoms with Crippen LogP contribution >= 0.6 is 0 Å². The average Bonchev–Trinajstić information content (AvgIpc) is 2.90. The molecule has 2 aromatic rings. The lowest BCUT2D eigenvalue weighted by Crippen LogP contribution is -2.65. The molecule has 2 aromatic carbocycles. The molecule has 1 amide bonds. The van der Waals surface area contributed by atoms with E-state index in [1.165, 1.54) is 37.2 Å². The number of benzene rings is 2. The number of Topliss-reactive ketones (excluding diaryl/α,β-unsaturated/α-hetero) is 2. The summed E-state index contributed by atoms with van der Waals surface area (Å²) >= 11 is 0. The molecule has 0 radical (unpaired) electrons. The molecular weight excluding hydrogens is 534 g/mol. The minimum Gasteiger partial charge on any atom is -0.508 e. The number of phenols is 1. The summed E-state index contributed by atoms with van der Waals surface area (Å²) in [5.41, 5.74) is 2.97. The number of nitrogens with two attached hydrogens (primary N) is 1. The Morgan fingerprint density at radius 1 is 1.15 bits per heavy atom. The van der Waals surface area contributed by atoms with E-state index in [0.29, 0.717) is 16.7 Å². The zero-order valence-corrected chi connectivity index (χ0v) is 22.1. The normalized spacial score (nSPS) is 25.8. The number of carbonyl (C=O) groups is 3. The van der Waals surface area contributed by atoms with Gasteiger partial charge in [0, 0.05) is 23.6 Å². The van der Waals surface area contributed by atoms with Crippen LogP contribution < -0.4 is 5.73 Å². The summed E-state index contributed by atoms with van der Waals surface area (Å²) < 4.78 is 0. The van der Waals surface area contributed by atoms with Crippen LogP contribution in [0.2, 0.25) is 0 Å². The first-order valence-electron chi connectivity index (χ1n) is 12.7. The second kappa shape index (κ2) is 9.68. The average molecular weight is 562 g/mol. The summed E-state index contributed by atoms with van der Waals surface area (Å²) in [6, 6.07) is 7.71. The molecule has 4 unspecified atom stereocenters. The van der Waals surface area contributed by atoms with Gasteiger partial charge in [-0.25, -0.2) is 0 Å². The van der Waals surface area contributed by atoms with Crippen LogP contribution in [0.25, 0.3) is 17.9 Å². The Labute approximate surface area is 233 Å². The van der Waals surface area contributed by atoms with Gasteiger partial charge in [0.25, 0.3) is 11.6 Å². The Hall–Kier alpha value is -4.81. The van der Waals surface area contributed by atoms with E-state index in [0.717, 1.165) is 0 Å². The number of non-ortho nitro benzene ring substituents is 1. The zero-order valence-electron chi connectivity index (χ0n) is 22.1. The summed E-state index contributed by atoms with van der Waals surface area (Å²) in [4.78, 5) is 51.2. The smallest absolute Gasteiger partial charge is 0.270 e. The van der Waals surface area contributed by atoms with Crippen LogP contribution in [-0.2, 0) is 20.8 Å². The summed E-state index contributed by atoms with van der Waals surface area (Å²) in [5.74, 6) is -7.18. The highest BCUT2D eigenvalue weighted by atomic mass is 16.6. The minimum atomic E-state index is -2.71. The van der Waals surface area contributed by atoms with Crippen molar-refractivity contribution in [1.82, 2.24) is 4.90 Å². The van der Waals surface area contributed by atoms with Gasteiger partial charge in [-0.05, 0) is 55.6 Å². The number of aliphatic hydroxyl groups excluding tert-OH is 2. The van der Waals surface area contributed by atoms with Gasteiger partial charge < -0.3 is 26.2 Å². The Bertz CT molecular complexity index is 1640. The molecular formula is C29H27N3O9. The van der Waals surface area contributed by atoms with Crippen LogP contribution in [0.1, 0.15) is 28.7 Å². The highest BCUT2D eigenvalue weighted by molar-refractivity contribution is 6.24. The zero-order chi connectivity index (χ0) is 30.0. The van der Waals surface area contributed by atoms with E-state index in [9.17, 15) is 44.9 Å². The fourth-order valence-electron chi connectivity index (χ4n) is 6.35. The predicted octanol–water partition coefficient (Wildman–Crippen LogP) is 2.04. The number of likely N-dealkylation sites (N-methyl/N-ethyl adjacent to an activating group) is 1. The summed E-state index contributed by atoms with van der Waals surface area (Å²) in [5, 5.41) is 55.7. The number of ketones is 2. The van der Waals surface area contributed by atoms with Crippen molar-refractivity contribution in [2.45, 2.75) is 24.5 Å². The van der Waals surface area contributed by atoms with E-state index in [-0.39, 0.29) is 35.4 Å². The van der Waals surface area contributed by atoms with Crippen molar-refractivity contribution in [3.8, 4) is 5.75 Å². The number of carbonyl (C=O) groups excluding carboxylic acids is 3. The molecule has 1 saturated carbocycles. The highest BCUT2D eigenvalue weighted by Crippen LogP contribution is 2.53. The number of primary amides is 1. The molecule has 0 aromatic heterocycles. The van der Waals surface area contributed by atoms with Gasteiger partial charge in [-0.15, -0.1) is 0 Å². The fourth-order valence-corrected chi connectivity index (χ4v) is 6.35. The predicted molar refractivity (Wildman–Crippen MR) is 146 cm³/mol. The molecule has 0 saturated heterocycles. The highest BCUT2D eigenvalue weighted by Gasteiger charge is 2.64. The van der Waals surface area contributed by atoms with Crippen LogP contribution in [-0.4, -0.2) is 73.5 Å². The number of fused-ring (bicyclic) bond motifs is 3. The lowest BCUT2D eigenvalue weighted by atomic mass is 9.57. The Balaban J connectivity index is 1.65. The van der Waals surface area contributed by atoms with Crippen molar-refractivity contribution in [2.75, 3.05) is 14.1 Å². The van der Waals surface area contributed by atoms with E-state index in [4.69, 9.17) is 5.73 Å². The van der Waals surface area contributed by atoms with Gasteiger partial charge in [0.1, 0.15) is 22.8 Å². The lowest BCUT2D eigenvalue weighted by molar-refractivity contribution is -0.384. The second-order valence-corrected chi connectivity index (χ2v) is 10.7. The third-order valence-corrected chi connectivity index (χ3v) is 8.18. The topological polar surface area (TPSA) is 205 Å². The number of aromatic hydroxyl groups is 1. The van der Waals surface area contributed by atoms with Crippen molar-refractivity contribution in [3.63, 3.8) is 0 Å². The van der Waals surface area contributed by atoms with E-state index in [1.54, 1.807) is 30.4 Å². The maximum atomic E-state index is 13.9. The van der Waals surface area contributed by atoms with Crippen LogP contribution in [0.15, 0.2) is 53.3 Å². The van der Waals surface area contributed by atoms with E-state index >= 15 is 0 Å². The Morgan fingerprint density at radius 2 is 1.85 bits per heavy atom. The number of amides is 1. The minimum absolute atomic E-state index is 0.0323. The number of nitro groups is 1. The number of rotatable bonds is 5. The summed E-state index contributed by atoms with van der Waals surface area (Å²) in [6.45, 7) is 0. The molecule has 4 atom stereocenters. The number of phenolic OH excluding ortho intramolecular Hbond substituents is 1.